The molecule has 0 aromatic carbocycles. The molecule has 18 heavy (non-hydrogen) atoms. The zero-order chi connectivity index (χ0) is 13.0. The molecule has 0 saturated carbocycles. The van der Waals surface area contributed by atoms with Gasteiger partial charge in [0.05, 0.1) is 6.04 Å². The molecule has 0 aliphatic rings. The fourth-order valence-electron chi connectivity index (χ4n) is 1.78. The number of nitrogens with zero attached hydrogens (tertiary/aromatic N) is 3. The number of rotatable bonds is 5. The van der Waals surface area contributed by atoms with E-state index in [1.807, 2.05) is 12.1 Å². The molecule has 0 saturated heterocycles. The smallest absolute Gasteiger partial charge is 0.243 e. The van der Waals surface area contributed by atoms with Gasteiger partial charge in [0.25, 0.3) is 0 Å². The van der Waals surface area contributed by atoms with Crippen molar-refractivity contribution >= 4 is 0 Å². The van der Waals surface area contributed by atoms with Gasteiger partial charge in [-0.3, -0.25) is 4.98 Å². The van der Waals surface area contributed by atoms with Gasteiger partial charge in [0.1, 0.15) is 0 Å². The van der Waals surface area contributed by atoms with Crippen LogP contribution in [0.1, 0.15) is 43.6 Å². The first-order chi connectivity index (χ1) is 8.65. The highest BCUT2D eigenvalue weighted by Gasteiger charge is 2.16. The highest BCUT2D eigenvalue weighted by Crippen LogP contribution is 2.17. The summed E-state index contributed by atoms with van der Waals surface area (Å²) in [6.45, 7) is 4.24. The molecule has 0 aliphatic carbocycles. The second-order valence-corrected chi connectivity index (χ2v) is 4.82. The van der Waals surface area contributed by atoms with Gasteiger partial charge in [0, 0.05) is 18.8 Å². The lowest BCUT2D eigenvalue weighted by molar-refractivity contribution is 0.333. The molecule has 2 N–H and O–H groups in total. The summed E-state index contributed by atoms with van der Waals surface area (Å²) >= 11 is 0. The van der Waals surface area contributed by atoms with E-state index in [0.717, 1.165) is 12.0 Å². The minimum atomic E-state index is -0.177. The van der Waals surface area contributed by atoms with Crippen LogP contribution in [-0.2, 0) is 6.42 Å². The summed E-state index contributed by atoms with van der Waals surface area (Å²) in [4.78, 5) is 8.30. The molecule has 1 atom stereocenters. The van der Waals surface area contributed by atoms with E-state index in [1.54, 1.807) is 12.4 Å². The Morgan fingerprint density at radius 2 is 2.00 bits per heavy atom. The summed E-state index contributed by atoms with van der Waals surface area (Å²) in [6.07, 6.45) is 4.99. The second kappa shape index (κ2) is 5.73. The van der Waals surface area contributed by atoms with Crippen molar-refractivity contribution in [3.8, 4) is 0 Å². The number of pyridine rings is 1. The van der Waals surface area contributed by atoms with Crippen LogP contribution in [0.4, 0.5) is 0 Å². The van der Waals surface area contributed by atoms with Gasteiger partial charge in [-0.05, 0) is 30.0 Å². The highest BCUT2D eigenvalue weighted by molar-refractivity contribution is 5.14. The predicted octanol–water partition coefficient (Wildman–Crippen LogP) is 2.10. The molecule has 2 aromatic heterocycles. The molecule has 0 radical (unpaired) electrons. The van der Waals surface area contributed by atoms with Crippen LogP contribution in [-0.4, -0.2) is 15.1 Å². The lowest BCUT2D eigenvalue weighted by atomic mass is 10.0. The number of hydrogen-bond acceptors (Lipinski definition) is 5. The average molecular weight is 246 g/mol. The monoisotopic (exact) mass is 246 g/mol. The molecule has 0 bridgehead atoms. The normalized spacial score (nSPS) is 12.9. The third-order valence-electron chi connectivity index (χ3n) is 2.64. The van der Waals surface area contributed by atoms with E-state index in [4.69, 9.17) is 10.3 Å². The van der Waals surface area contributed by atoms with Crippen LogP contribution in [0.5, 0.6) is 0 Å². The number of aromatic nitrogens is 3. The fourth-order valence-corrected chi connectivity index (χ4v) is 1.78. The third-order valence-corrected chi connectivity index (χ3v) is 2.64. The van der Waals surface area contributed by atoms with Crippen LogP contribution in [0.3, 0.4) is 0 Å². The molecule has 5 heteroatoms. The lowest BCUT2D eigenvalue weighted by Crippen LogP contribution is -2.13. The van der Waals surface area contributed by atoms with E-state index < -0.39 is 0 Å². The molecule has 0 unspecified atom stereocenters. The third kappa shape index (κ3) is 3.37. The van der Waals surface area contributed by atoms with Gasteiger partial charge in [-0.2, -0.15) is 4.98 Å². The molecule has 0 fully saturated rings. The Morgan fingerprint density at radius 1 is 1.28 bits per heavy atom. The van der Waals surface area contributed by atoms with Gasteiger partial charge >= 0.3 is 0 Å². The Labute approximate surface area is 106 Å². The van der Waals surface area contributed by atoms with E-state index in [0.29, 0.717) is 24.1 Å². The van der Waals surface area contributed by atoms with Gasteiger partial charge < -0.3 is 10.3 Å². The first-order valence-corrected chi connectivity index (χ1v) is 6.12. The van der Waals surface area contributed by atoms with Crippen molar-refractivity contribution < 1.29 is 4.52 Å². The molecule has 0 aliphatic heterocycles. The van der Waals surface area contributed by atoms with Crippen molar-refractivity contribution in [2.45, 2.75) is 32.7 Å². The van der Waals surface area contributed by atoms with Crippen LogP contribution in [0, 0.1) is 5.92 Å². The van der Waals surface area contributed by atoms with Gasteiger partial charge in [-0.1, -0.05) is 19.0 Å². The van der Waals surface area contributed by atoms with Gasteiger partial charge in [-0.25, -0.2) is 0 Å². The van der Waals surface area contributed by atoms with Crippen molar-refractivity contribution in [1.29, 1.82) is 0 Å². The van der Waals surface area contributed by atoms with Crippen LogP contribution in [0.25, 0.3) is 0 Å². The van der Waals surface area contributed by atoms with Crippen molar-refractivity contribution in [2.75, 3.05) is 0 Å². The predicted molar refractivity (Wildman–Crippen MR) is 67.7 cm³/mol. The maximum absolute atomic E-state index is 6.00. The summed E-state index contributed by atoms with van der Waals surface area (Å²) in [7, 11) is 0. The van der Waals surface area contributed by atoms with Crippen molar-refractivity contribution in [2.24, 2.45) is 11.7 Å². The summed E-state index contributed by atoms with van der Waals surface area (Å²) in [5.74, 6) is 1.69. The Kier molecular flexibility index (Phi) is 4.04. The van der Waals surface area contributed by atoms with Crippen molar-refractivity contribution in [3.05, 3.63) is 41.8 Å². The van der Waals surface area contributed by atoms with E-state index in [-0.39, 0.29) is 6.04 Å². The lowest BCUT2D eigenvalue weighted by Gasteiger charge is -2.08. The molecule has 96 valence electrons. The van der Waals surface area contributed by atoms with Crippen molar-refractivity contribution in [3.63, 3.8) is 0 Å². The summed E-state index contributed by atoms with van der Waals surface area (Å²) < 4.78 is 5.20. The van der Waals surface area contributed by atoms with Crippen molar-refractivity contribution in [1.82, 2.24) is 15.1 Å². The molecule has 2 rings (SSSR count). The Hall–Kier alpha value is -1.75. The molecule has 2 heterocycles. The molecular weight excluding hydrogens is 228 g/mol. The van der Waals surface area contributed by atoms with Crippen LogP contribution in [0.15, 0.2) is 29.0 Å². The van der Waals surface area contributed by atoms with E-state index in [2.05, 4.69) is 29.0 Å². The summed E-state index contributed by atoms with van der Waals surface area (Å²) in [6, 6.07) is 3.69. The zero-order valence-corrected chi connectivity index (χ0v) is 10.7. The molecule has 0 spiro atoms. The Balaban J connectivity index is 2.02. The minimum absolute atomic E-state index is 0.177. The quantitative estimate of drug-likeness (QED) is 0.874. The average Bonchev–Trinajstić information content (AvgIpc) is 2.78. The maximum atomic E-state index is 6.00. The SMILES string of the molecule is CC(C)C[C@H](N)c1nc(Cc2ccncc2)no1. The topological polar surface area (TPSA) is 77.8 Å². The van der Waals surface area contributed by atoms with Crippen LogP contribution < -0.4 is 5.73 Å². The fraction of sp³-hybridized carbons (Fsp3) is 0.462. The first kappa shape index (κ1) is 12.7. The largest absolute Gasteiger partial charge is 0.338 e. The second-order valence-electron chi connectivity index (χ2n) is 4.82. The molecule has 0 amide bonds. The summed E-state index contributed by atoms with van der Waals surface area (Å²) in [5, 5.41) is 3.95. The molecule has 2 aromatic rings. The number of hydrogen-bond donors (Lipinski definition) is 1. The van der Waals surface area contributed by atoms with Gasteiger partial charge in [-0.15, -0.1) is 0 Å². The number of nitrogens with two attached hydrogens (primary N) is 1. The standard InChI is InChI=1S/C13H18N4O/c1-9(2)7-11(14)13-16-12(17-18-13)8-10-3-5-15-6-4-10/h3-6,9,11H,7-8,14H2,1-2H3/t11-/m0/s1. The van der Waals surface area contributed by atoms with Gasteiger partial charge in [0.2, 0.25) is 5.89 Å². The Morgan fingerprint density at radius 3 is 2.67 bits per heavy atom. The highest BCUT2D eigenvalue weighted by atomic mass is 16.5. The van der Waals surface area contributed by atoms with Gasteiger partial charge in [0.15, 0.2) is 5.82 Å². The maximum Gasteiger partial charge on any atom is 0.243 e. The van der Waals surface area contributed by atoms with E-state index in [1.165, 1.54) is 0 Å². The zero-order valence-electron chi connectivity index (χ0n) is 10.7. The van der Waals surface area contributed by atoms with E-state index in [9.17, 15) is 0 Å². The van der Waals surface area contributed by atoms with Crippen LogP contribution >= 0.6 is 0 Å². The van der Waals surface area contributed by atoms with E-state index >= 15 is 0 Å². The minimum Gasteiger partial charge on any atom is -0.338 e. The molecular formula is C13H18N4O. The Bertz CT molecular complexity index is 481. The summed E-state index contributed by atoms with van der Waals surface area (Å²) in [5.41, 5.74) is 7.10. The van der Waals surface area contributed by atoms with Crippen LogP contribution in [0.2, 0.25) is 0 Å². The first-order valence-electron chi connectivity index (χ1n) is 6.12. The molecule has 5 nitrogen and oxygen atoms in total.